The lowest BCUT2D eigenvalue weighted by molar-refractivity contribution is -0.384. The largest absolute Gasteiger partial charge is 0.374 e. The summed E-state index contributed by atoms with van der Waals surface area (Å²) in [5.74, 6) is -0.651. The first-order valence-electron chi connectivity index (χ1n) is 5.14. The van der Waals surface area contributed by atoms with Gasteiger partial charge in [0.2, 0.25) is 5.91 Å². The first-order valence-corrected chi connectivity index (χ1v) is 6.22. The monoisotopic (exact) mass is 365 g/mol. The third kappa shape index (κ3) is 2.68. The van der Waals surface area contributed by atoms with Crippen molar-refractivity contribution in [3.05, 3.63) is 31.6 Å². The number of amides is 1. The molecule has 18 heavy (non-hydrogen) atoms. The van der Waals surface area contributed by atoms with Gasteiger partial charge >= 0.3 is 0 Å². The molecule has 96 valence electrons. The number of nitrogens with one attached hydrogen (secondary N) is 2. The van der Waals surface area contributed by atoms with Crippen LogP contribution in [0.1, 0.15) is 6.42 Å². The molecule has 6 nitrogen and oxygen atoms in total. The van der Waals surface area contributed by atoms with E-state index in [1.54, 1.807) is 22.6 Å². The van der Waals surface area contributed by atoms with E-state index < -0.39 is 10.7 Å². The molecule has 0 aromatic heterocycles. The Hall–Kier alpha value is -1.45. The molecule has 1 aromatic carbocycles. The Balaban J connectivity index is 2.28. The highest BCUT2D eigenvalue weighted by Gasteiger charge is 2.25. The summed E-state index contributed by atoms with van der Waals surface area (Å²) < 4.78 is 13.6. The van der Waals surface area contributed by atoms with Gasteiger partial charge < -0.3 is 10.6 Å². The molecule has 1 aromatic rings. The molecule has 1 aliphatic rings. The molecular formula is C10H9FIN3O3. The number of rotatable bonds is 3. The summed E-state index contributed by atoms with van der Waals surface area (Å²) in [6, 6.07) is 2.00. The number of carbonyl (C=O) groups is 1. The number of benzene rings is 1. The van der Waals surface area contributed by atoms with Gasteiger partial charge in [-0.2, -0.15) is 0 Å². The maximum absolute atomic E-state index is 13.4. The van der Waals surface area contributed by atoms with Crippen LogP contribution < -0.4 is 10.6 Å². The first-order chi connectivity index (χ1) is 8.47. The number of nitrogens with zero attached hydrogens (tertiary/aromatic N) is 1. The van der Waals surface area contributed by atoms with Crippen molar-refractivity contribution in [3.8, 4) is 0 Å². The molecule has 1 heterocycles. The normalized spacial score (nSPS) is 18.6. The highest BCUT2D eigenvalue weighted by Crippen LogP contribution is 2.29. The zero-order valence-corrected chi connectivity index (χ0v) is 11.2. The average molecular weight is 365 g/mol. The van der Waals surface area contributed by atoms with Gasteiger partial charge in [0.25, 0.3) is 5.69 Å². The van der Waals surface area contributed by atoms with Gasteiger partial charge in [-0.3, -0.25) is 14.9 Å². The van der Waals surface area contributed by atoms with Crippen LogP contribution in [0.3, 0.4) is 0 Å². The molecule has 1 fully saturated rings. The number of hydrogen-bond donors (Lipinski definition) is 2. The Bertz CT molecular complexity index is 523. The van der Waals surface area contributed by atoms with Gasteiger partial charge in [-0.05, 0) is 22.6 Å². The van der Waals surface area contributed by atoms with Gasteiger partial charge in [-0.25, -0.2) is 4.39 Å². The number of halogens is 2. The fourth-order valence-corrected chi connectivity index (χ4v) is 2.18. The first kappa shape index (κ1) is 13.0. The number of anilines is 1. The van der Waals surface area contributed by atoms with Gasteiger partial charge in [0.1, 0.15) is 11.5 Å². The van der Waals surface area contributed by atoms with Gasteiger partial charge in [-0.1, -0.05) is 0 Å². The predicted octanol–water partition coefficient (Wildman–Crippen LogP) is 1.64. The number of hydrogen-bond acceptors (Lipinski definition) is 4. The number of nitro benzene ring substituents is 1. The van der Waals surface area contributed by atoms with Crippen LogP contribution >= 0.6 is 22.6 Å². The lowest BCUT2D eigenvalue weighted by Gasteiger charge is -2.12. The zero-order valence-electron chi connectivity index (χ0n) is 9.07. The molecule has 1 saturated heterocycles. The van der Waals surface area contributed by atoms with E-state index in [4.69, 9.17) is 0 Å². The van der Waals surface area contributed by atoms with E-state index in [-0.39, 0.29) is 33.3 Å². The third-order valence-electron chi connectivity index (χ3n) is 2.57. The SMILES string of the molecule is O=C1CC(Nc2cc(F)c(I)cc2[N+](=O)[O-])CN1. The molecule has 1 unspecified atom stereocenters. The van der Waals surface area contributed by atoms with Crippen LogP contribution in [-0.2, 0) is 4.79 Å². The van der Waals surface area contributed by atoms with Crippen LogP contribution in [0.2, 0.25) is 0 Å². The maximum Gasteiger partial charge on any atom is 0.293 e. The van der Waals surface area contributed by atoms with E-state index in [1.807, 2.05) is 0 Å². The quantitative estimate of drug-likeness (QED) is 0.485. The minimum atomic E-state index is -0.575. The van der Waals surface area contributed by atoms with Crippen molar-refractivity contribution >= 4 is 39.9 Å². The molecule has 8 heteroatoms. The zero-order chi connectivity index (χ0) is 13.3. The molecule has 2 rings (SSSR count). The van der Waals surface area contributed by atoms with Crippen molar-refractivity contribution in [1.82, 2.24) is 5.32 Å². The van der Waals surface area contributed by atoms with Gasteiger partial charge in [0.15, 0.2) is 0 Å². The Labute approximate surface area is 115 Å². The highest BCUT2D eigenvalue weighted by molar-refractivity contribution is 14.1. The van der Waals surface area contributed by atoms with E-state index >= 15 is 0 Å². The molecule has 2 N–H and O–H groups in total. The standard InChI is InChI=1S/C10H9FIN3O3/c11-6-2-8(9(15(17)18)3-7(6)12)14-5-1-10(16)13-4-5/h2-3,5,14H,1,4H2,(H,13,16). The van der Waals surface area contributed by atoms with Crippen LogP contribution in [0.5, 0.6) is 0 Å². The molecule has 0 spiro atoms. The summed E-state index contributed by atoms with van der Waals surface area (Å²) in [5.41, 5.74) is -0.0976. The molecule has 0 bridgehead atoms. The molecule has 1 aliphatic heterocycles. The van der Waals surface area contributed by atoms with Crippen molar-refractivity contribution < 1.29 is 14.1 Å². The van der Waals surface area contributed by atoms with E-state index in [0.29, 0.717) is 6.54 Å². The fraction of sp³-hybridized carbons (Fsp3) is 0.300. The van der Waals surface area contributed by atoms with Crippen molar-refractivity contribution in [2.24, 2.45) is 0 Å². The second kappa shape index (κ2) is 5.04. The summed E-state index contributed by atoms with van der Waals surface area (Å²) in [7, 11) is 0. The van der Waals surface area contributed by atoms with Crippen LogP contribution in [-0.4, -0.2) is 23.4 Å². The summed E-state index contributed by atoms with van der Waals surface area (Å²) in [6.07, 6.45) is 0.227. The maximum atomic E-state index is 13.4. The van der Waals surface area contributed by atoms with Crippen LogP contribution in [0.25, 0.3) is 0 Å². The van der Waals surface area contributed by atoms with E-state index in [1.165, 1.54) is 6.07 Å². The van der Waals surface area contributed by atoms with E-state index in [0.717, 1.165) is 6.07 Å². The van der Waals surface area contributed by atoms with Gasteiger partial charge in [0, 0.05) is 25.1 Å². The molecular weight excluding hydrogens is 356 g/mol. The third-order valence-corrected chi connectivity index (χ3v) is 3.40. The van der Waals surface area contributed by atoms with Gasteiger partial charge in [-0.15, -0.1) is 0 Å². The average Bonchev–Trinajstić information content (AvgIpc) is 2.68. The predicted molar refractivity (Wildman–Crippen MR) is 70.8 cm³/mol. The van der Waals surface area contributed by atoms with Crippen molar-refractivity contribution in [2.75, 3.05) is 11.9 Å². The minimum Gasteiger partial charge on any atom is -0.374 e. The summed E-state index contributed by atoms with van der Waals surface area (Å²) in [5, 5.41) is 16.3. The van der Waals surface area contributed by atoms with Gasteiger partial charge in [0.05, 0.1) is 14.5 Å². The summed E-state index contributed by atoms with van der Waals surface area (Å²) >= 11 is 1.69. The molecule has 0 saturated carbocycles. The lowest BCUT2D eigenvalue weighted by Crippen LogP contribution is -2.23. The Kier molecular flexibility index (Phi) is 3.64. The van der Waals surface area contributed by atoms with E-state index in [2.05, 4.69) is 10.6 Å². The van der Waals surface area contributed by atoms with Crippen LogP contribution in [0.4, 0.5) is 15.8 Å². The molecule has 1 amide bonds. The van der Waals surface area contributed by atoms with E-state index in [9.17, 15) is 19.3 Å². The van der Waals surface area contributed by atoms with Crippen molar-refractivity contribution in [3.63, 3.8) is 0 Å². The second-order valence-corrected chi connectivity index (χ2v) is 5.05. The Morgan fingerprint density at radius 3 is 2.83 bits per heavy atom. The van der Waals surface area contributed by atoms with Crippen LogP contribution in [0.15, 0.2) is 12.1 Å². The Morgan fingerprint density at radius 2 is 2.28 bits per heavy atom. The fourth-order valence-electron chi connectivity index (χ4n) is 1.73. The number of carbonyl (C=O) groups excluding carboxylic acids is 1. The highest BCUT2D eigenvalue weighted by atomic mass is 127. The number of nitro groups is 1. The molecule has 0 radical (unpaired) electrons. The summed E-state index contributed by atoms with van der Waals surface area (Å²) in [4.78, 5) is 21.3. The van der Waals surface area contributed by atoms with Crippen molar-refractivity contribution in [2.45, 2.75) is 12.5 Å². The van der Waals surface area contributed by atoms with Crippen molar-refractivity contribution in [1.29, 1.82) is 0 Å². The minimum absolute atomic E-state index is 0.0967. The second-order valence-electron chi connectivity index (χ2n) is 3.89. The summed E-state index contributed by atoms with van der Waals surface area (Å²) in [6.45, 7) is 0.379. The topological polar surface area (TPSA) is 84.3 Å². The smallest absolute Gasteiger partial charge is 0.293 e. The van der Waals surface area contributed by atoms with Crippen LogP contribution in [0, 0.1) is 19.5 Å². The Morgan fingerprint density at radius 1 is 1.56 bits per heavy atom. The molecule has 1 atom stereocenters. The molecule has 0 aliphatic carbocycles. The lowest BCUT2D eigenvalue weighted by atomic mass is 10.2.